The number of nitrogens with one attached hydrogen (secondary N) is 4. The second-order valence-corrected chi connectivity index (χ2v) is 9.37. The molecule has 1 aliphatic carbocycles. The molecule has 0 spiro atoms. The van der Waals surface area contributed by atoms with E-state index < -0.39 is 42.2 Å². The van der Waals surface area contributed by atoms with Gasteiger partial charge in [-0.15, -0.1) is 0 Å². The molecular weight excluding hydrogens is 582 g/mol. The number of allylic oxidation sites excluding steroid dienone is 4. The van der Waals surface area contributed by atoms with Gasteiger partial charge in [0.25, 0.3) is 5.91 Å². The summed E-state index contributed by atoms with van der Waals surface area (Å²) in [5, 5.41) is 4.54. The lowest BCUT2D eigenvalue weighted by atomic mass is 9.97. The van der Waals surface area contributed by atoms with Crippen LogP contribution in [-0.2, 0) is 11.2 Å². The van der Waals surface area contributed by atoms with Crippen LogP contribution in [0, 0.1) is 11.7 Å². The Morgan fingerprint density at radius 2 is 1.71 bits per heavy atom. The van der Waals surface area contributed by atoms with Gasteiger partial charge < -0.3 is 15.4 Å². The molecule has 0 fully saturated rings. The Balaban J connectivity index is 1.27. The molecule has 3 aromatic rings. The highest BCUT2D eigenvalue weighted by Gasteiger charge is 2.43. The van der Waals surface area contributed by atoms with Crippen LogP contribution in [0.1, 0.15) is 22.5 Å². The molecule has 0 bridgehead atoms. The van der Waals surface area contributed by atoms with Crippen LogP contribution >= 0.6 is 11.6 Å². The van der Waals surface area contributed by atoms with Crippen molar-refractivity contribution in [1.82, 2.24) is 21.2 Å². The summed E-state index contributed by atoms with van der Waals surface area (Å²) in [6.07, 6.45) is -1.45. The van der Waals surface area contributed by atoms with E-state index in [1.54, 1.807) is 6.07 Å². The number of ether oxygens (including phenoxy) is 1. The molecule has 4 rings (SSSR count). The molecule has 0 aliphatic heterocycles. The third-order valence-corrected chi connectivity index (χ3v) is 6.14. The minimum Gasteiger partial charge on any atom is -0.457 e. The smallest absolute Gasteiger partial charge is 0.396 e. The predicted molar refractivity (Wildman–Crippen MR) is 145 cm³/mol. The Kier molecular flexibility index (Phi) is 9.42. The van der Waals surface area contributed by atoms with Crippen molar-refractivity contribution >= 4 is 35.1 Å². The van der Waals surface area contributed by atoms with Crippen LogP contribution < -0.4 is 26.2 Å². The first-order chi connectivity index (χ1) is 20.0. The number of nitrogens with zero attached hydrogens (tertiary/aromatic N) is 1. The first kappa shape index (κ1) is 30.1. The van der Waals surface area contributed by atoms with E-state index in [4.69, 9.17) is 16.3 Å². The number of anilines is 1. The number of hydrazine groups is 1. The molecule has 1 unspecified atom stereocenters. The molecule has 0 saturated carbocycles. The highest BCUT2D eigenvalue weighted by molar-refractivity contribution is 6.30. The van der Waals surface area contributed by atoms with Crippen molar-refractivity contribution < 1.29 is 36.7 Å². The number of amides is 4. The van der Waals surface area contributed by atoms with Gasteiger partial charge in [-0.25, -0.2) is 9.18 Å². The summed E-state index contributed by atoms with van der Waals surface area (Å²) in [5.74, 6) is -3.07. The average molecular weight is 604 g/mol. The number of pyridine rings is 1. The molecule has 4 N–H and O–H groups in total. The van der Waals surface area contributed by atoms with E-state index in [0.29, 0.717) is 17.0 Å². The van der Waals surface area contributed by atoms with Gasteiger partial charge in [-0.05, 0) is 60.2 Å². The normalized spacial score (nSPS) is 14.6. The topological polar surface area (TPSA) is 121 Å². The predicted octanol–water partition coefficient (Wildman–Crippen LogP) is 5.73. The number of alkyl halides is 3. The summed E-state index contributed by atoms with van der Waals surface area (Å²) in [7, 11) is 0. The van der Waals surface area contributed by atoms with Crippen LogP contribution in [0.25, 0.3) is 0 Å². The molecule has 218 valence electrons. The fraction of sp³-hybridized carbons (Fsp3) is 0.143. The van der Waals surface area contributed by atoms with E-state index in [9.17, 15) is 31.9 Å². The van der Waals surface area contributed by atoms with Crippen molar-refractivity contribution in [3.63, 3.8) is 0 Å². The number of hydrogen-bond acceptors (Lipinski definition) is 5. The van der Waals surface area contributed by atoms with Gasteiger partial charge in [0.2, 0.25) is 5.91 Å². The van der Waals surface area contributed by atoms with Crippen molar-refractivity contribution in [2.24, 2.45) is 5.92 Å². The number of carbonyl (C=O) groups is 3. The molecule has 1 aliphatic rings. The van der Waals surface area contributed by atoms with E-state index in [2.05, 4.69) is 26.5 Å². The van der Waals surface area contributed by atoms with Gasteiger partial charge in [-0.2, -0.15) is 13.2 Å². The van der Waals surface area contributed by atoms with E-state index in [0.717, 1.165) is 6.08 Å². The van der Waals surface area contributed by atoms with E-state index >= 15 is 0 Å². The van der Waals surface area contributed by atoms with Crippen LogP contribution in [0.2, 0.25) is 0 Å². The van der Waals surface area contributed by atoms with Crippen LogP contribution in [-0.4, -0.2) is 29.0 Å². The van der Waals surface area contributed by atoms with Gasteiger partial charge in [0.15, 0.2) is 0 Å². The van der Waals surface area contributed by atoms with Gasteiger partial charge in [0, 0.05) is 35.1 Å². The van der Waals surface area contributed by atoms with E-state index in [1.807, 2.05) is 0 Å². The zero-order valence-electron chi connectivity index (χ0n) is 21.5. The van der Waals surface area contributed by atoms with Crippen molar-refractivity contribution in [2.45, 2.75) is 19.0 Å². The Morgan fingerprint density at radius 3 is 2.43 bits per heavy atom. The van der Waals surface area contributed by atoms with Gasteiger partial charge in [0.1, 0.15) is 23.0 Å². The molecule has 0 radical (unpaired) electrons. The summed E-state index contributed by atoms with van der Waals surface area (Å²) in [6.45, 7) is 0. The maximum Gasteiger partial charge on any atom is 0.396 e. The number of rotatable bonds is 7. The van der Waals surface area contributed by atoms with E-state index in [-0.39, 0.29) is 28.6 Å². The average Bonchev–Trinajstić information content (AvgIpc) is 2.93. The number of aromatic nitrogens is 1. The molecule has 4 amide bonds. The molecule has 1 atom stereocenters. The number of hydrogen-bond donors (Lipinski definition) is 4. The van der Waals surface area contributed by atoms with Crippen LogP contribution in [0.4, 0.5) is 28.0 Å². The lowest BCUT2D eigenvalue weighted by Crippen LogP contribution is -2.42. The fourth-order valence-corrected chi connectivity index (χ4v) is 4.03. The minimum absolute atomic E-state index is 0.0582. The van der Waals surface area contributed by atoms with Crippen molar-refractivity contribution in [3.05, 3.63) is 107 Å². The Bertz CT molecular complexity index is 1540. The number of benzene rings is 2. The van der Waals surface area contributed by atoms with Gasteiger partial charge in [-0.1, -0.05) is 23.7 Å². The highest BCUT2D eigenvalue weighted by Crippen LogP contribution is 2.39. The molecule has 1 heterocycles. The number of carbonyl (C=O) groups excluding carboxylic acids is 3. The quantitative estimate of drug-likeness (QED) is 0.203. The summed E-state index contributed by atoms with van der Waals surface area (Å²) < 4.78 is 58.3. The van der Waals surface area contributed by atoms with Gasteiger partial charge in [0.05, 0.1) is 12.3 Å². The summed E-state index contributed by atoms with van der Waals surface area (Å²) in [6, 6.07) is 13.6. The molecule has 0 saturated heterocycles. The molecule has 9 nitrogen and oxygen atoms in total. The monoisotopic (exact) mass is 603 g/mol. The van der Waals surface area contributed by atoms with Crippen molar-refractivity contribution in [3.8, 4) is 11.5 Å². The summed E-state index contributed by atoms with van der Waals surface area (Å²) in [4.78, 5) is 40.7. The zero-order valence-corrected chi connectivity index (χ0v) is 22.2. The second kappa shape index (κ2) is 13.2. The second-order valence-electron chi connectivity index (χ2n) is 8.93. The molecule has 2 aromatic carbocycles. The minimum atomic E-state index is -4.54. The van der Waals surface area contributed by atoms with Crippen LogP contribution in [0.5, 0.6) is 11.5 Å². The Morgan fingerprint density at radius 1 is 0.952 bits per heavy atom. The maximum absolute atomic E-state index is 13.3. The van der Waals surface area contributed by atoms with Crippen LogP contribution in [0.15, 0.2) is 89.7 Å². The Hall–Kier alpha value is -4.91. The Labute approximate surface area is 241 Å². The SMILES string of the molecule is O=C(Cc1cccc(F)c1)NNC(=O)c1cc(Oc2ccc(NC(=O)NC3=CC=C(Cl)C(C(F)(F)F)C3)cc2)ccn1. The first-order valence-electron chi connectivity index (χ1n) is 12.2. The summed E-state index contributed by atoms with van der Waals surface area (Å²) >= 11 is 5.66. The molecule has 14 heteroatoms. The number of urea groups is 1. The van der Waals surface area contributed by atoms with Crippen molar-refractivity contribution in [1.29, 1.82) is 0 Å². The molecule has 1 aromatic heterocycles. The third-order valence-electron chi connectivity index (χ3n) is 5.75. The van der Waals surface area contributed by atoms with Gasteiger partial charge >= 0.3 is 12.2 Å². The molecule has 42 heavy (non-hydrogen) atoms. The lowest BCUT2D eigenvalue weighted by Gasteiger charge is -2.24. The first-order valence-corrected chi connectivity index (χ1v) is 12.6. The standard InChI is InChI=1S/C28H22ClF4N5O4/c29-23-9-6-19(14-22(23)28(31,32)33)36-27(41)35-18-4-7-20(8-5-18)42-21-10-11-34-24(15-21)26(40)38-37-25(39)13-16-2-1-3-17(30)12-16/h1-12,15,22H,13-14H2,(H,37,39)(H,38,40)(H2,35,36,41). The highest BCUT2D eigenvalue weighted by atomic mass is 35.5. The molecular formula is C28H22ClF4N5O4. The van der Waals surface area contributed by atoms with Gasteiger partial charge in [-0.3, -0.25) is 25.4 Å². The number of halogens is 5. The van der Waals surface area contributed by atoms with Crippen LogP contribution in [0.3, 0.4) is 0 Å². The van der Waals surface area contributed by atoms with E-state index in [1.165, 1.54) is 66.9 Å². The van der Waals surface area contributed by atoms with Crippen molar-refractivity contribution in [2.75, 3.05) is 5.32 Å². The summed E-state index contributed by atoms with van der Waals surface area (Å²) in [5.41, 5.74) is 5.22. The lowest BCUT2D eigenvalue weighted by molar-refractivity contribution is -0.162. The fourth-order valence-electron chi connectivity index (χ4n) is 3.76. The largest absolute Gasteiger partial charge is 0.457 e. The third kappa shape index (κ3) is 8.54. The maximum atomic E-state index is 13.3. The zero-order chi connectivity index (χ0) is 30.3.